The monoisotopic (exact) mass is 382 g/mol. The number of amides is 1. The molecule has 5 nitrogen and oxygen atoms in total. The van der Waals surface area contributed by atoms with Crippen LogP contribution in [0, 0.1) is 12.7 Å². The summed E-state index contributed by atoms with van der Waals surface area (Å²) < 4.78 is 16.6. The van der Waals surface area contributed by atoms with Crippen molar-refractivity contribution in [1.82, 2.24) is 14.8 Å². The van der Waals surface area contributed by atoms with Crippen molar-refractivity contribution in [3.05, 3.63) is 57.6 Å². The van der Waals surface area contributed by atoms with E-state index in [1.54, 1.807) is 29.2 Å². The molecule has 0 saturated heterocycles. The van der Waals surface area contributed by atoms with E-state index in [1.165, 1.54) is 30.2 Å². The first-order valence-electron chi connectivity index (χ1n) is 9.21. The number of thiazole rings is 1. The molecule has 0 atom stereocenters. The van der Waals surface area contributed by atoms with E-state index in [4.69, 9.17) is 5.10 Å². The van der Waals surface area contributed by atoms with Gasteiger partial charge >= 0.3 is 0 Å². The van der Waals surface area contributed by atoms with E-state index in [9.17, 15) is 9.18 Å². The molecule has 1 amide bonds. The Hall–Kier alpha value is -2.54. The van der Waals surface area contributed by atoms with E-state index in [0.29, 0.717) is 33.8 Å². The number of nitrogens with one attached hydrogen (secondary N) is 1. The highest BCUT2D eigenvalue weighted by Crippen LogP contribution is 2.45. The van der Waals surface area contributed by atoms with Crippen molar-refractivity contribution in [2.45, 2.75) is 44.4 Å². The largest absolute Gasteiger partial charge is 0.321 e. The summed E-state index contributed by atoms with van der Waals surface area (Å²) in [4.78, 5) is 16.9. The third kappa shape index (κ3) is 3.16. The molecule has 138 valence electrons. The smallest absolute Gasteiger partial charge is 0.267 e. The maximum Gasteiger partial charge on any atom is 0.267 e. The fourth-order valence-corrected chi connectivity index (χ4v) is 4.02. The van der Waals surface area contributed by atoms with Gasteiger partial charge in [-0.05, 0) is 56.9 Å². The van der Waals surface area contributed by atoms with E-state index in [0.717, 1.165) is 24.2 Å². The Labute approximate surface area is 160 Å². The maximum atomic E-state index is 14.9. The number of anilines is 1. The van der Waals surface area contributed by atoms with Crippen LogP contribution in [0.3, 0.4) is 0 Å². The number of hydrogen-bond acceptors (Lipinski definition) is 4. The lowest BCUT2D eigenvalue weighted by Gasteiger charge is -2.10. The highest BCUT2D eigenvalue weighted by Gasteiger charge is 2.33. The number of carbonyl (C=O) groups excluding carboxylic acids is 1. The SMILES string of the molecule is Cc1ncsc1C(=O)Nc1ccc(-n2nc(C3CC3)cc2C2CC2)c(F)c1. The molecule has 2 heterocycles. The molecule has 2 aromatic heterocycles. The van der Waals surface area contributed by atoms with Crippen LogP contribution in [0.4, 0.5) is 10.1 Å². The van der Waals surface area contributed by atoms with Gasteiger partial charge in [0.2, 0.25) is 0 Å². The molecule has 0 spiro atoms. The Balaban J connectivity index is 1.43. The molecule has 3 aromatic rings. The van der Waals surface area contributed by atoms with E-state index in [2.05, 4.69) is 16.4 Å². The average molecular weight is 382 g/mol. The van der Waals surface area contributed by atoms with Crippen LogP contribution in [-0.4, -0.2) is 20.7 Å². The summed E-state index contributed by atoms with van der Waals surface area (Å²) in [5.41, 5.74) is 5.35. The van der Waals surface area contributed by atoms with E-state index in [-0.39, 0.29) is 11.7 Å². The minimum atomic E-state index is -0.388. The number of aromatic nitrogens is 3. The number of aryl methyl sites for hydroxylation is 1. The van der Waals surface area contributed by atoms with Crippen molar-refractivity contribution in [3.63, 3.8) is 0 Å². The first-order valence-corrected chi connectivity index (χ1v) is 10.1. The average Bonchev–Trinajstić information content (AvgIpc) is 3.57. The Morgan fingerprint density at radius 2 is 2.00 bits per heavy atom. The summed E-state index contributed by atoms with van der Waals surface area (Å²) in [7, 11) is 0. The minimum Gasteiger partial charge on any atom is -0.321 e. The molecule has 27 heavy (non-hydrogen) atoms. The molecule has 7 heteroatoms. The van der Waals surface area contributed by atoms with Crippen molar-refractivity contribution in [3.8, 4) is 5.69 Å². The Bertz CT molecular complexity index is 1030. The Morgan fingerprint density at radius 3 is 2.63 bits per heavy atom. The fraction of sp³-hybridized carbons (Fsp3) is 0.350. The first-order chi connectivity index (χ1) is 13.1. The van der Waals surface area contributed by atoms with Crippen LogP contribution in [0.15, 0.2) is 29.8 Å². The van der Waals surface area contributed by atoms with Gasteiger partial charge in [0.15, 0.2) is 5.82 Å². The minimum absolute atomic E-state index is 0.268. The van der Waals surface area contributed by atoms with Crippen molar-refractivity contribution < 1.29 is 9.18 Å². The van der Waals surface area contributed by atoms with Crippen LogP contribution < -0.4 is 5.32 Å². The van der Waals surface area contributed by atoms with Crippen LogP contribution in [-0.2, 0) is 0 Å². The summed E-state index contributed by atoms with van der Waals surface area (Å²) in [6.07, 6.45) is 4.62. The highest BCUT2D eigenvalue weighted by atomic mass is 32.1. The lowest BCUT2D eigenvalue weighted by Crippen LogP contribution is -2.12. The van der Waals surface area contributed by atoms with E-state index < -0.39 is 0 Å². The van der Waals surface area contributed by atoms with E-state index >= 15 is 0 Å². The van der Waals surface area contributed by atoms with Gasteiger partial charge in [-0.1, -0.05) is 0 Å². The zero-order valence-electron chi connectivity index (χ0n) is 14.9. The van der Waals surface area contributed by atoms with Gasteiger partial charge in [0, 0.05) is 23.2 Å². The van der Waals surface area contributed by atoms with Crippen LogP contribution in [0.25, 0.3) is 5.69 Å². The standard InChI is InChI=1S/C20H19FN4OS/c1-11-19(27-10-22-11)20(26)23-14-6-7-17(15(21)8-14)25-18(13-4-5-13)9-16(24-25)12-2-3-12/h6-10,12-13H,2-5H2,1H3,(H,23,26). The second-order valence-corrected chi connectivity index (χ2v) is 8.20. The highest BCUT2D eigenvalue weighted by molar-refractivity contribution is 7.12. The Morgan fingerprint density at radius 1 is 1.22 bits per heavy atom. The number of carbonyl (C=O) groups is 1. The number of halogens is 1. The molecule has 0 unspecified atom stereocenters. The van der Waals surface area contributed by atoms with Crippen molar-refractivity contribution in [2.24, 2.45) is 0 Å². The molecule has 5 rings (SSSR count). The molecule has 0 bridgehead atoms. The lowest BCUT2D eigenvalue weighted by atomic mass is 10.2. The van der Waals surface area contributed by atoms with Gasteiger partial charge < -0.3 is 5.32 Å². The number of rotatable bonds is 5. The molecule has 1 N–H and O–H groups in total. The summed E-state index contributed by atoms with van der Waals surface area (Å²) in [5, 5.41) is 7.44. The normalized spacial score (nSPS) is 16.5. The predicted octanol–water partition coefficient (Wildman–Crippen LogP) is 4.78. The maximum absolute atomic E-state index is 14.9. The summed E-state index contributed by atoms with van der Waals surface area (Å²) >= 11 is 1.27. The topological polar surface area (TPSA) is 59.8 Å². The molecular weight excluding hydrogens is 363 g/mol. The third-order valence-electron chi connectivity index (χ3n) is 5.13. The summed E-state index contributed by atoms with van der Waals surface area (Å²) in [6.45, 7) is 1.78. The number of benzene rings is 1. The second kappa shape index (κ2) is 6.27. The van der Waals surface area contributed by atoms with Crippen molar-refractivity contribution in [2.75, 3.05) is 5.32 Å². The van der Waals surface area contributed by atoms with E-state index in [1.807, 2.05) is 0 Å². The van der Waals surface area contributed by atoms with Gasteiger partial charge in [-0.25, -0.2) is 14.1 Å². The zero-order chi connectivity index (χ0) is 18.5. The van der Waals surface area contributed by atoms with Gasteiger partial charge in [0.1, 0.15) is 10.6 Å². The first kappa shape index (κ1) is 16.6. The van der Waals surface area contributed by atoms with Crippen LogP contribution in [0.2, 0.25) is 0 Å². The molecule has 2 saturated carbocycles. The van der Waals surface area contributed by atoms with Crippen molar-refractivity contribution in [1.29, 1.82) is 0 Å². The number of nitrogens with zero attached hydrogens (tertiary/aromatic N) is 3. The number of hydrogen-bond donors (Lipinski definition) is 1. The quantitative estimate of drug-likeness (QED) is 0.691. The van der Waals surface area contributed by atoms with Gasteiger partial charge in [-0.3, -0.25) is 4.79 Å². The molecule has 2 fully saturated rings. The molecule has 0 radical (unpaired) electrons. The van der Waals surface area contributed by atoms with Gasteiger partial charge in [-0.2, -0.15) is 5.10 Å². The van der Waals surface area contributed by atoms with Crippen LogP contribution >= 0.6 is 11.3 Å². The van der Waals surface area contributed by atoms with Gasteiger partial charge in [0.25, 0.3) is 5.91 Å². The summed E-state index contributed by atoms with van der Waals surface area (Å²) in [5.74, 6) is 0.364. The van der Waals surface area contributed by atoms with Gasteiger partial charge in [-0.15, -0.1) is 11.3 Å². The molecular formula is C20H19FN4OS. The molecule has 2 aliphatic carbocycles. The fourth-order valence-electron chi connectivity index (χ4n) is 3.32. The zero-order valence-corrected chi connectivity index (χ0v) is 15.7. The predicted molar refractivity (Wildman–Crippen MR) is 102 cm³/mol. The van der Waals surface area contributed by atoms with Crippen LogP contribution in [0.1, 0.15) is 64.3 Å². The third-order valence-corrected chi connectivity index (χ3v) is 6.06. The molecule has 0 aliphatic heterocycles. The second-order valence-electron chi connectivity index (χ2n) is 7.34. The summed E-state index contributed by atoms with van der Waals surface area (Å²) in [6, 6.07) is 6.93. The van der Waals surface area contributed by atoms with Gasteiger partial charge in [0.05, 0.1) is 16.9 Å². The Kier molecular flexibility index (Phi) is 3.86. The molecule has 2 aliphatic rings. The lowest BCUT2D eigenvalue weighted by molar-refractivity contribution is 0.103. The van der Waals surface area contributed by atoms with Crippen molar-refractivity contribution >= 4 is 22.9 Å². The van der Waals surface area contributed by atoms with Crippen LogP contribution in [0.5, 0.6) is 0 Å². The molecule has 1 aromatic carbocycles.